The zero-order valence-electron chi connectivity index (χ0n) is 15.3. The average Bonchev–Trinajstić information content (AvgIpc) is 3.15. The van der Waals surface area contributed by atoms with Crippen molar-refractivity contribution in [3.63, 3.8) is 0 Å². The van der Waals surface area contributed by atoms with E-state index in [1.165, 1.54) is 14.2 Å². The minimum absolute atomic E-state index is 0.102. The fraction of sp³-hybridized carbons (Fsp3) is 0.556. The van der Waals surface area contributed by atoms with E-state index in [-0.39, 0.29) is 17.7 Å². The zero-order chi connectivity index (χ0) is 18.4. The molecule has 1 heterocycles. The van der Waals surface area contributed by atoms with Crippen LogP contribution < -0.4 is 20.1 Å². The number of hydrogen-bond acceptors (Lipinski definition) is 5. The molecule has 0 saturated carbocycles. The van der Waals surface area contributed by atoms with Crippen LogP contribution in [0.3, 0.4) is 0 Å². The second-order valence-corrected chi connectivity index (χ2v) is 6.20. The lowest BCUT2D eigenvalue weighted by Crippen LogP contribution is -2.31. The van der Waals surface area contributed by atoms with E-state index < -0.39 is 0 Å². The molecule has 1 unspecified atom stereocenters. The Bertz CT molecular complexity index is 627. The number of carbonyl (C=O) groups is 2. The van der Waals surface area contributed by atoms with Crippen molar-refractivity contribution in [2.75, 3.05) is 46.2 Å². The third kappa shape index (κ3) is 4.42. The van der Waals surface area contributed by atoms with Crippen molar-refractivity contribution in [3.8, 4) is 11.5 Å². The van der Waals surface area contributed by atoms with E-state index in [9.17, 15) is 9.59 Å². The largest absolute Gasteiger partial charge is 0.493 e. The SMILES string of the molecule is CNCC(C)C(=O)Nc1cc(OC)c(OC)cc1C(=O)N1CCCC1. The quantitative estimate of drug-likeness (QED) is 0.784. The number of anilines is 1. The summed E-state index contributed by atoms with van der Waals surface area (Å²) in [6.07, 6.45) is 2.00. The molecular weight excluding hydrogens is 322 g/mol. The van der Waals surface area contributed by atoms with Crippen molar-refractivity contribution in [2.45, 2.75) is 19.8 Å². The molecule has 1 aliphatic rings. The van der Waals surface area contributed by atoms with Gasteiger partial charge in [-0.3, -0.25) is 9.59 Å². The Morgan fingerprint density at radius 3 is 2.32 bits per heavy atom. The van der Waals surface area contributed by atoms with Gasteiger partial charge in [0, 0.05) is 31.6 Å². The van der Waals surface area contributed by atoms with Gasteiger partial charge < -0.3 is 25.0 Å². The number of amides is 2. The van der Waals surface area contributed by atoms with E-state index in [2.05, 4.69) is 10.6 Å². The molecule has 1 saturated heterocycles. The minimum atomic E-state index is -0.229. The van der Waals surface area contributed by atoms with E-state index in [0.29, 0.717) is 29.3 Å². The van der Waals surface area contributed by atoms with E-state index in [0.717, 1.165) is 25.9 Å². The van der Waals surface area contributed by atoms with Gasteiger partial charge in [-0.05, 0) is 26.0 Å². The smallest absolute Gasteiger partial charge is 0.256 e. The first kappa shape index (κ1) is 19.1. The molecule has 1 aliphatic heterocycles. The molecule has 1 fully saturated rings. The van der Waals surface area contributed by atoms with E-state index in [1.54, 1.807) is 24.1 Å². The molecule has 1 atom stereocenters. The average molecular weight is 349 g/mol. The normalized spacial score (nSPS) is 15.0. The zero-order valence-corrected chi connectivity index (χ0v) is 15.3. The first-order chi connectivity index (χ1) is 12.0. The minimum Gasteiger partial charge on any atom is -0.493 e. The highest BCUT2D eigenvalue weighted by atomic mass is 16.5. The molecule has 7 nitrogen and oxygen atoms in total. The summed E-state index contributed by atoms with van der Waals surface area (Å²) in [5.41, 5.74) is 0.868. The van der Waals surface area contributed by atoms with Crippen molar-refractivity contribution < 1.29 is 19.1 Å². The number of likely N-dealkylation sites (tertiary alicyclic amines) is 1. The van der Waals surface area contributed by atoms with Gasteiger partial charge >= 0.3 is 0 Å². The van der Waals surface area contributed by atoms with Gasteiger partial charge in [0.1, 0.15) is 0 Å². The first-order valence-corrected chi connectivity index (χ1v) is 8.52. The molecule has 138 valence electrons. The third-order valence-electron chi connectivity index (χ3n) is 4.36. The van der Waals surface area contributed by atoms with Crippen molar-refractivity contribution in [3.05, 3.63) is 17.7 Å². The molecule has 0 spiro atoms. The lowest BCUT2D eigenvalue weighted by Gasteiger charge is -2.21. The Balaban J connectivity index is 2.37. The van der Waals surface area contributed by atoms with Gasteiger partial charge in [-0.15, -0.1) is 0 Å². The van der Waals surface area contributed by atoms with E-state index >= 15 is 0 Å². The topological polar surface area (TPSA) is 79.9 Å². The second kappa shape index (κ2) is 8.71. The Kier molecular flexibility index (Phi) is 6.64. The molecule has 1 aromatic carbocycles. The number of carbonyl (C=O) groups excluding carboxylic acids is 2. The van der Waals surface area contributed by atoms with Crippen molar-refractivity contribution >= 4 is 17.5 Å². The van der Waals surface area contributed by atoms with Crippen LogP contribution in [0, 0.1) is 5.92 Å². The molecule has 25 heavy (non-hydrogen) atoms. The summed E-state index contributed by atoms with van der Waals surface area (Å²) in [6.45, 7) is 3.84. The van der Waals surface area contributed by atoms with Gasteiger partial charge in [-0.2, -0.15) is 0 Å². The summed E-state index contributed by atoms with van der Waals surface area (Å²) >= 11 is 0. The maximum Gasteiger partial charge on any atom is 0.256 e. The van der Waals surface area contributed by atoms with Gasteiger partial charge in [0.05, 0.1) is 25.5 Å². The molecule has 0 aromatic heterocycles. The van der Waals surface area contributed by atoms with Gasteiger partial charge in [0.25, 0.3) is 5.91 Å². The van der Waals surface area contributed by atoms with E-state index in [1.807, 2.05) is 6.92 Å². The standard InChI is InChI=1S/C18H27N3O4/c1-12(11-19-2)17(22)20-14-10-16(25-4)15(24-3)9-13(14)18(23)21-7-5-6-8-21/h9-10,12,19H,5-8,11H2,1-4H3,(H,20,22). The van der Waals surface area contributed by atoms with Crippen LogP contribution in [0.25, 0.3) is 0 Å². The van der Waals surface area contributed by atoms with Crippen LogP contribution in [0.5, 0.6) is 11.5 Å². The number of hydrogen-bond donors (Lipinski definition) is 2. The highest BCUT2D eigenvalue weighted by molar-refractivity contribution is 6.05. The summed E-state index contributed by atoms with van der Waals surface area (Å²) in [5.74, 6) is 0.447. The monoisotopic (exact) mass is 349 g/mol. The van der Waals surface area contributed by atoms with Gasteiger partial charge in [-0.1, -0.05) is 6.92 Å². The van der Waals surface area contributed by atoms with Gasteiger partial charge in [0.15, 0.2) is 11.5 Å². The number of rotatable bonds is 7. The highest BCUT2D eigenvalue weighted by Gasteiger charge is 2.25. The summed E-state index contributed by atoms with van der Waals surface area (Å²) in [6, 6.07) is 3.28. The molecule has 0 radical (unpaired) electrons. The van der Waals surface area contributed by atoms with Gasteiger partial charge in [0.2, 0.25) is 5.91 Å². The predicted octanol–water partition coefficient (Wildman–Crippen LogP) is 1.73. The summed E-state index contributed by atoms with van der Waals surface area (Å²) < 4.78 is 10.6. The van der Waals surface area contributed by atoms with Crippen LogP contribution >= 0.6 is 0 Å². The van der Waals surface area contributed by atoms with Crippen LogP contribution in [0.15, 0.2) is 12.1 Å². The van der Waals surface area contributed by atoms with E-state index in [4.69, 9.17) is 9.47 Å². The maximum atomic E-state index is 12.9. The number of methoxy groups -OCH3 is 2. The molecule has 7 heteroatoms. The molecule has 2 amide bonds. The van der Waals surface area contributed by atoms with Crippen LogP contribution in [0.4, 0.5) is 5.69 Å². The Labute approximate surface area is 148 Å². The number of ether oxygens (including phenoxy) is 2. The number of nitrogens with zero attached hydrogens (tertiary/aromatic N) is 1. The number of benzene rings is 1. The molecule has 2 rings (SSSR count). The van der Waals surface area contributed by atoms with Crippen LogP contribution in [0.2, 0.25) is 0 Å². The Hall–Kier alpha value is -2.28. The lowest BCUT2D eigenvalue weighted by molar-refractivity contribution is -0.119. The van der Waals surface area contributed by atoms with Crippen LogP contribution in [-0.2, 0) is 4.79 Å². The fourth-order valence-electron chi connectivity index (χ4n) is 2.90. The number of nitrogens with one attached hydrogen (secondary N) is 2. The fourth-order valence-corrected chi connectivity index (χ4v) is 2.90. The molecule has 0 aliphatic carbocycles. The Morgan fingerprint density at radius 2 is 1.76 bits per heavy atom. The Morgan fingerprint density at radius 1 is 1.16 bits per heavy atom. The van der Waals surface area contributed by atoms with Gasteiger partial charge in [-0.25, -0.2) is 0 Å². The summed E-state index contributed by atoms with van der Waals surface area (Å²) in [7, 11) is 4.84. The molecule has 0 bridgehead atoms. The molecular formula is C18H27N3O4. The van der Waals surface area contributed by atoms with Crippen LogP contribution in [0.1, 0.15) is 30.1 Å². The third-order valence-corrected chi connectivity index (χ3v) is 4.36. The molecule has 2 N–H and O–H groups in total. The lowest BCUT2D eigenvalue weighted by atomic mass is 10.1. The second-order valence-electron chi connectivity index (χ2n) is 6.20. The highest BCUT2D eigenvalue weighted by Crippen LogP contribution is 2.34. The summed E-state index contributed by atoms with van der Waals surface area (Å²) in [4.78, 5) is 27.1. The van der Waals surface area contributed by atoms with Crippen LogP contribution in [-0.4, -0.2) is 57.6 Å². The van der Waals surface area contributed by atoms with Crippen molar-refractivity contribution in [2.24, 2.45) is 5.92 Å². The maximum absolute atomic E-state index is 12.9. The summed E-state index contributed by atoms with van der Waals surface area (Å²) in [5, 5.41) is 5.84. The predicted molar refractivity (Wildman–Crippen MR) is 96.4 cm³/mol. The molecule has 1 aromatic rings. The first-order valence-electron chi connectivity index (χ1n) is 8.52. The van der Waals surface area contributed by atoms with Crippen molar-refractivity contribution in [1.29, 1.82) is 0 Å². The van der Waals surface area contributed by atoms with Crippen molar-refractivity contribution in [1.82, 2.24) is 10.2 Å².